The normalized spacial score (nSPS) is 23.0. The van der Waals surface area contributed by atoms with Crippen molar-refractivity contribution in [2.45, 2.75) is 57.7 Å². The Kier molecular flexibility index (Phi) is 5.80. The van der Waals surface area contributed by atoms with Gasteiger partial charge in [-0.1, -0.05) is 32.0 Å². The fourth-order valence-corrected chi connectivity index (χ4v) is 5.28. The summed E-state index contributed by atoms with van der Waals surface area (Å²) in [7, 11) is -3.47. The molecule has 0 bridgehead atoms. The van der Waals surface area contributed by atoms with Crippen LogP contribution in [0.15, 0.2) is 18.2 Å². The number of ether oxygens (including phenoxy) is 1. The zero-order chi connectivity index (χ0) is 18.0. The maximum atomic E-state index is 12.8. The third-order valence-corrected chi connectivity index (χ3v) is 7.12. The van der Waals surface area contributed by atoms with Crippen LogP contribution in [0.4, 0.5) is 0 Å². The number of nitrogens with one attached hydrogen (secondary N) is 1. The zero-order valence-electron chi connectivity index (χ0n) is 14.9. The van der Waals surface area contributed by atoms with Gasteiger partial charge in [0.15, 0.2) is 0 Å². The molecule has 2 N–H and O–H groups in total. The Hall–Kier alpha value is -0.990. The molecule has 2 aliphatic heterocycles. The second-order valence-corrected chi connectivity index (χ2v) is 9.35. The summed E-state index contributed by atoms with van der Waals surface area (Å²) in [4.78, 5) is 0. The number of rotatable bonds is 6. The molecule has 2 atom stereocenters. The molecule has 0 saturated carbocycles. The van der Waals surface area contributed by atoms with Gasteiger partial charge in [0, 0.05) is 19.7 Å². The third kappa shape index (κ3) is 4.23. The van der Waals surface area contributed by atoms with E-state index in [4.69, 9.17) is 4.74 Å². The van der Waals surface area contributed by atoms with E-state index in [-0.39, 0.29) is 11.9 Å². The van der Waals surface area contributed by atoms with Crippen molar-refractivity contribution in [1.29, 1.82) is 0 Å². The zero-order valence-corrected chi connectivity index (χ0v) is 15.8. The highest BCUT2D eigenvalue weighted by Crippen LogP contribution is 2.26. The Labute approximate surface area is 150 Å². The van der Waals surface area contributed by atoms with Crippen LogP contribution >= 0.6 is 0 Å². The summed E-state index contributed by atoms with van der Waals surface area (Å²) >= 11 is 0. The number of sulfonamides is 1. The SMILES string of the molecule is CC(C)c1ccc2c(c1)CCN(S(=O)(=O)C[C@@H](NO)[C@H]1CCCO1)C2. The highest BCUT2D eigenvalue weighted by Gasteiger charge is 2.34. The van der Waals surface area contributed by atoms with Crippen molar-refractivity contribution in [2.75, 3.05) is 18.9 Å². The van der Waals surface area contributed by atoms with Gasteiger partial charge in [0.05, 0.1) is 17.9 Å². The number of benzene rings is 1. The van der Waals surface area contributed by atoms with Gasteiger partial charge in [-0.15, -0.1) is 0 Å². The van der Waals surface area contributed by atoms with Crippen LogP contribution in [0.1, 0.15) is 49.3 Å². The molecule has 7 heteroatoms. The van der Waals surface area contributed by atoms with Crippen molar-refractivity contribution in [3.8, 4) is 0 Å². The summed E-state index contributed by atoms with van der Waals surface area (Å²) in [5.41, 5.74) is 5.76. The fourth-order valence-electron chi connectivity index (χ4n) is 3.62. The Morgan fingerprint density at radius 1 is 1.36 bits per heavy atom. The van der Waals surface area contributed by atoms with Crippen molar-refractivity contribution >= 4 is 10.0 Å². The van der Waals surface area contributed by atoms with E-state index in [0.717, 1.165) is 24.8 Å². The second-order valence-electron chi connectivity index (χ2n) is 7.33. The van der Waals surface area contributed by atoms with Crippen LogP contribution in [0.5, 0.6) is 0 Å². The Morgan fingerprint density at radius 3 is 2.80 bits per heavy atom. The first kappa shape index (κ1) is 18.8. The molecule has 25 heavy (non-hydrogen) atoms. The summed E-state index contributed by atoms with van der Waals surface area (Å²) in [6.45, 7) is 5.83. The lowest BCUT2D eigenvalue weighted by Gasteiger charge is -2.31. The van der Waals surface area contributed by atoms with Crippen LogP contribution in [-0.4, -0.2) is 49.0 Å². The molecule has 1 aromatic carbocycles. The van der Waals surface area contributed by atoms with Crippen LogP contribution in [-0.2, 0) is 27.7 Å². The minimum atomic E-state index is -3.47. The van der Waals surface area contributed by atoms with Crippen LogP contribution in [0.3, 0.4) is 0 Å². The van der Waals surface area contributed by atoms with Crippen molar-refractivity contribution < 1.29 is 18.4 Å². The van der Waals surface area contributed by atoms with Crippen molar-refractivity contribution in [3.05, 3.63) is 34.9 Å². The van der Waals surface area contributed by atoms with E-state index >= 15 is 0 Å². The Morgan fingerprint density at radius 2 is 2.16 bits per heavy atom. The summed E-state index contributed by atoms with van der Waals surface area (Å²) in [5, 5.41) is 9.38. The summed E-state index contributed by atoms with van der Waals surface area (Å²) in [5.74, 6) is 0.322. The van der Waals surface area contributed by atoms with Crippen molar-refractivity contribution in [2.24, 2.45) is 0 Å². The van der Waals surface area contributed by atoms with Crippen molar-refractivity contribution in [3.63, 3.8) is 0 Å². The molecular formula is C18H28N2O4S. The Bertz CT molecular complexity index is 699. The quantitative estimate of drug-likeness (QED) is 0.751. The minimum Gasteiger partial charge on any atom is -0.376 e. The van der Waals surface area contributed by atoms with Gasteiger partial charge in [0.1, 0.15) is 0 Å². The molecule has 0 amide bonds. The van der Waals surface area contributed by atoms with Gasteiger partial charge < -0.3 is 9.94 Å². The summed E-state index contributed by atoms with van der Waals surface area (Å²) in [6.07, 6.45) is 2.16. The predicted octanol–water partition coefficient (Wildman–Crippen LogP) is 2.02. The molecule has 0 aliphatic carbocycles. The summed E-state index contributed by atoms with van der Waals surface area (Å²) < 4.78 is 32.7. The molecule has 3 rings (SSSR count). The smallest absolute Gasteiger partial charge is 0.216 e. The van der Waals surface area contributed by atoms with Crippen molar-refractivity contribution in [1.82, 2.24) is 9.79 Å². The lowest BCUT2D eigenvalue weighted by Crippen LogP contribution is -2.48. The van der Waals surface area contributed by atoms with Crippen LogP contribution in [0, 0.1) is 0 Å². The first-order valence-electron chi connectivity index (χ1n) is 9.01. The number of nitrogens with zero attached hydrogens (tertiary/aromatic N) is 1. The highest BCUT2D eigenvalue weighted by atomic mass is 32.2. The maximum Gasteiger partial charge on any atom is 0.216 e. The van der Waals surface area contributed by atoms with E-state index in [0.29, 0.717) is 25.6 Å². The van der Waals surface area contributed by atoms with Gasteiger partial charge in [-0.3, -0.25) is 0 Å². The number of hydrogen-bond donors (Lipinski definition) is 2. The molecule has 2 aliphatic rings. The topological polar surface area (TPSA) is 78.9 Å². The molecule has 0 radical (unpaired) electrons. The Balaban J connectivity index is 1.71. The lowest BCUT2D eigenvalue weighted by atomic mass is 9.94. The first-order chi connectivity index (χ1) is 11.9. The summed E-state index contributed by atoms with van der Waals surface area (Å²) in [6, 6.07) is 5.75. The van der Waals surface area contributed by atoms with Gasteiger partial charge in [-0.05, 0) is 41.9 Å². The van der Waals surface area contributed by atoms with E-state index in [2.05, 4.69) is 31.5 Å². The molecule has 6 nitrogen and oxygen atoms in total. The molecule has 1 aromatic rings. The number of hydrogen-bond acceptors (Lipinski definition) is 5. The average molecular weight is 368 g/mol. The largest absolute Gasteiger partial charge is 0.376 e. The third-order valence-electron chi connectivity index (χ3n) is 5.24. The van der Waals surface area contributed by atoms with E-state index in [1.807, 2.05) is 6.07 Å². The second kappa shape index (κ2) is 7.72. The first-order valence-corrected chi connectivity index (χ1v) is 10.6. The van der Waals surface area contributed by atoms with Gasteiger partial charge in [0.25, 0.3) is 0 Å². The number of hydroxylamine groups is 1. The van der Waals surface area contributed by atoms with Gasteiger partial charge in [-0.2, -0.15) is 9.79 Å². The fraction of sp³-hybridized carbons (Fsp3) is 0.667. The molecule has 1 fully saturated rings. The van der Waals surface area contributed by atoms with Crippen LogP contribution < -0.4 is 5.48 Å². The molecule has 0 aromatic heterocycles. The average Bonchev–Trinajstić information content (AvgIpc) is 3.13. The number of fused-ring (bicyclic) bond motifs is 1. The lowest BCUT2D eigenvalue weighted by molar-refractivity contribution is 0.0277. The molecule has 2 heterocycles. The van der Waals surface area contributed by atoms with Gasteiger partial charge in [0.2, 0.25) is 10.0 Å². The minimum absolute atomic E-state index is 0.145. The maximum absolute atomic E-state index is 12.8. The van der Waals surface area contributed by atoms with Gasteiger partial charge >= 0.3 is 0 Å². The predicted molar refractivity (Wildman–Crippen MR) is 96.1 cm³/mol. The highest BCUT2D eigenvalue weighted by molar-refractivity contribution is 7.89. The standard InChI is InChI=1S/C18H28N2O4S/c1-13(2)14-5-6-16-11-20(8-7-15(16)10-14)25(22,23)12-17(19-21)18-4-3-9-24-18/h5-6,10,13,17-19,21H,3-4,7-9,11-12H2,1-2H3/t17-,18-/m1/s1. The van der Waals surface area contributed by atoms with Crippen LogP contribution in [0.25, 0.3) is 0 Å². The molecule has 0 spiro atoms. The molecule has 140 valence electrons. The molecule has 0 unspecified atom stereocenters. The van der Waals surface area contributed by atoms with E-state index in [9.17, 15) is 13.6 Å². The van der Waals surface area contributed by atoms with E-state index in [1.165, 1.54) is 15.4 Å². The van der Waals surface area contributed by atoms with Crippen LogP contribution in [0.2, 0.25) is 0 Å². The monoisotopic (exact) mass is 368 g/mol. The molecular weight excluding hydrogens is 340 g/mol. The van der Waals surface area contributed by atoms with E-state index in [1.54, 1.807) is 0 Å². The van der Waals surface area contributed by atoms with E-state index < -0.39 is 16.1 Å². The van der Waals surface area contributed by atoms with Gasteiger partial charge in [-0.25, -0.2) is 8.42 Å². The molecule has 1 saturated heterocycles.